The molecule has 1 fully saturated rings. The fourth-order valence-electron chi connectivity index (χ4n) is 3.34. The van der Waals surface area contributed by atoms with Crippen LogP contribution in [0.3, 0.4) is 0 Å². The van der Waals surface area contributed by atoms with Gasteiger partial charge in [0.25, 0.3) is 0 Å². The van der Waals surface area contributed by atoms with Gasteiger partial charge in [0.2, 0.25) is 0 Å². The number of benzene rings is 1. The van der Waals surface area contributed by atoms with Crippen LogP contribution in [-0.4, -0.2) is 11.5 Å². The van der Waals surface area contributed by atoms with Crippen molar-refractivity contribution in [1.82, 2.24) is 10.3 Å². The van der Waals surface area contributed by atoms with Crippen LogP contribution in [-0.2, 0) is 6.54 Å². The Balaban J connectivity index is 1.54. The van der Waals surface area contributed by atoms with Gasteiger partial charge in [-0.05, 0) is 61.9 Å². The van der Waals surface area contributed by atoms with Crippen LogP contribution in [0.5, 0.6) is 0 Å². The smallest absolute Gasteiger partial charge is 0.0705 e. The maximum absolute atomic E-state index is 4.56. The van der Waals surface area contributed by atoms with Gasteiger partial charge in [0.05, 0.1) is 5.52 Å². The summed E-state index contributed by atoms with van der Waals surface area (Å²) in [6.07, 6.45) is 5.62. The van der Waals surface area contributed by atoms with Crippen LogP contribution < -0.4 is 5.32 Å². The van der Waals surface area contributed by atoms with Gasteiger partial charge in [-0.2, -0.15) is 0 Å². The number of aromatic nitrogens is 1. The van der Waals surface area contributed by atoms with Gasteiger partial charge >= 0.3 is 0 Å². The summed E-state index contributed by atoms with van der Waals surface area (Å²) >= 11 is 0. The zero-order chi connectivity index (χ0) is 14.7. The minimum Gasteiger partial charge on any atom is -0.312 e. The summed E-state index contributed by atoms with van der Waals surface area (Å²) < 4.78 is 0. The van der Waals surface area contributed by atoms with Gasteiger partial charge in [-0.3, -0.25) is 4.98 Å². The molecule has 0 atom stereocenters. The predicted molar refractivity (Wildman–Crippen MR) is 89.3 cm³/mol. The average molecular weight is 282 g/mol. The van der Waals surface area contributed by atoms with Crippen molar-refractivity contribution in [3.05, 3.63) is 41.6 Å². The molecule has 1 aliphatic rings. The molecule has 0 unspecified atom stereocenters. The number of pyridine rings is 1. The molecule has 3 rings (SSSR count). The van der Waals surface area contributed by atoms with Crippen LogP contribution in [0.25, 0.3) is 10.9 Å². The molecule has 1 N–H and O–H groups in total. The maximum atomic E-state index is 4.56. The van der Waals surface area contributed by atoms with Crippen molar-refractivity contribution in [2.75, 3.05) is 6.54 Å². The fraction of sp³-hybridized carbons (Fsp3) is 0.526. The molecule has 0 amide bonds. The zero-order valence-electron chi connectivity index (χ0n) is 13.2. The van der Waals surface area contributed by atoms with Crippen molar-refractivity contribution >= 4 is 10.9 Å². The number of nitrogens with zero attached hydrogens (tertiary/aromatic N) is 1. The van der Waals surface area contributed by atoms with Crippen LogP contribution in [0.2, 0.25) is 0 Å². The van der Waals surface area contributed by atoms with Gasteiger partial charge < -0.3 is 5.32 Å². The second-order valence-electron chi connectivity index (χ2n) is 6.74. The first kappa shape index (κ1) is 14.5. The molecule has 112 valence electrons. The van der Waals surface area contributed by atoms with E-state index in [4.69, 9.17) is 0 Å². The van der Waals surface area contributed by atoms with Gasteiger partial charge in [0.15, 0.2) is 0 Å². The second kappa shape index (κ2) is 6.57. The number of nitrogens with one attached hydrogen (secondary N) is 1. The third-order valence-corrected chi connectivity index (χ3v) is 4.79. The Morgan fingerprint density at radius 2 is 1.90 bits per heavy atom. The number of rotatable bonds is 4. The molecular formula is C19H26N2. The third kappa shape index (κ3) is 3.82. The summed E-state index contributed by atoms with van der Waals surface area (Å²) in [4.78, 5) is 4.56. The topological polar surface area (TPSA) is 24.9 Å². The molecule has 0 spiro atoms. The Labute approximate surface area is 128 Å². The Kier molecular flexibility index (Phi) is 4.54. The molecule has 1 aromatic carbocycles. The van der Waals surface area contributed by atoms with Crippen LogP contribution in [0.15, 0.2) is 30.3 Å². The van der Waals surface area contributed by atoms with Gasteiger partial charge in [-0.1, -0.05) is 31.9 Å². The lowest BCUT2D eigenvalue weighted by atomic mass is 9.83. The van der Waals surface area contributed by atoms with E-state index in [1.807, 2.05) is 6.92 Å². The van der Waals surface area contributed by atoms with E-state index < -0.39 is 0 Å². The first-order valence-corrected chi connectivity index (χ1v) is 8.28. The van der Waals surface area contributed by atoms with Crippen molar-refractivity contribution < 1.29 is 0 Å². The zero-order valence-corrected chi connectivity index (χ0v) is 13.2. The molecule has 0 saturated heterocycles. The van der Waals surface area contributed by atoms with E-state index in [1.54, 1.807) is 0 Å². The maximum Gasteiger partial charge on any atom is 0.0705 e. The average Bonchev–Trinajstić information content (AvgIpc) is 2.49. The number of hydrogen-bond acceptors (Lipinski definition) is 2. The van der Waals surface area contributed by atoms with Crippen LogP contribution in [0.1, 0.15) is 43.9 Å². The van der Waals surface area contributed by atoms with Crippen LogP contribution >= 0.6 is 0 Å². The van der Waals surface area contributed by atoms with Crippen molar-refractivity contribution in [2.45, 2.75) is 46.1 Å². The van der Waals surface area contributed by atoms with E-state index in [-0.39, 0.29) is 0 Å². The first-order valence-electron chi connectivity index (χ1n) is 8.28. The predicted octanol–water partition coefficient (Wildman–Crippen LogP) is 4.46. The first-order chi connectivity index (χ1) is 10.2. The van der Waals surface area contributed by atoms with Gasteiger partial charge in [-0.25, -0.2) is 0 Å². The van der Waals surface area contributed by atoms with E-state index in [9.17, 15) is 0 Å². The van der Waals surface area contributed by atoms with Crippen molar-refractivity contribution in [3.8, 4) is 0 Å². The highest BCUT2D eigenvalue weighted by Crippen LogP contribution is 2.27. The lowest BCUT2D eigenvalue weighted by molar-refractivity contribution is 0.281. The number of aryl methyl sites for hydroxylation is 1. The highest BCUT2D eigenvalue weighted by Gasteiger charge is 2.17. The second-order valence-corrected chi connectivity index (χ2v) is 6.74. The summed E-state index contributed by atoms with van der Waals surface area (Å²) in [5.41, 5.74) is 3.54. The highest BCUT2D eigenvalue weighted by atomic mass is 14.9. The largest absolute Gasteiger partial charge is 0.312 e. The molecule has 1 heterocycles. The third-order valence-electron chi connectivity index (χ3n) is 4.79. The fourth-order valence-corrected chi connectivity index (χ4v) is 3.34. The Morgan fingerprint density at radius 1 is 1.10 bits per heavy atom. The van der Waals surface area contributed by atoms with Crippen LogP contribution in [0, 0.1) is 18.8 Å². The van der Waals surface area contributed by atoms with Gasteiger partial charge in [0.1, 0.15) is 0 Å². The summed E-state index contributed by atoms with van der Waals surface area (Å²) in [7, 11) is 0. The molecule has 0 bridgehead atoms. The Bertz CT molecular complexity index is 598. The minimum atomic E-state index is 0.881. The highest BCUT2D eigenvalue weighted by molar-refractivity contribution is 5.79. The normalized spacial score (nSPS) is 22.6. The molecule has 2 aromatic rings. The van der Waals surface area contributed by atoms with E-state index in [1.165, 1.54) is 36.6 Å². The minimum absolute atomic E-state index is 0.881. The lowest BCUT2D eigenvalue weighted by Crippen LogP contribution is -2.25. The summed E-state index contributed by atoms with van der Waals surface area (Å²) in [5.74, 6) is 1.82. The summed E-state index contributed by atoms with van der Waals surface area (Å²) in [5, 5.41) is 4.88. The van der Waals surface area contributed by atoms with Crippen LogP contribution in [0.4, 0.5) is 0 Å². The monoisotopic (exact) mass is 282 g/mol. The standard InChI is InChI=1S/C19H26N2/c1-14-3-6-16(7-4-14)12-20-13-17-8-10-19-18(11-17)9-5-15(2)21-19/h5,8-11,14,16,20H,3-4,6-7,12-13H2,1-2H3. The summed E-state index contributed by atoms with van der Waals surface area (Å²) in [6.45, 7) is 6.56. The lowest BCUT2D eigenvalue weighted by Gasteiger charge is -2.26. The molecule has 1 aliphatic carbocycles. The molecule has 2 nitrogen and oxygen atoms in total. The van der Waals surface area contributed by atoms with E-state index in [0.717, 1.165) is 36.1 Å². The molecule has 0 radical (unpaired) electrons. The van der Waals surface area contributed by atoms with Gasteiger partial charge in [-0.15, -0.1) is 0 Å². The van der Waals surface area contributed by atoms with E-state index in [2.05, 4.69) is 47.6 Å². The van der Waals surface area contributed by atoms with Crippen molar-refractivity contribution in [2.24, 2.45) is 11.8 Å². The van der Waals surface area contributed by atoms with E-state index in [0.29, 0.717) is 0 Å². The Hall–Kier alpha value is -1.41. The van der Waals surface area contributed by atoms with E-state index >= 15 is 0 Å². The SMILES string of the molecule is Cc1ccc2cc(CNCC3CCC(C)CC3)ccc2n1. The Morgan fingerprint density at radius 3 is 2.71 bits per heavy atom. The number of fused-ring (bicyclic) bond motifs is 1. The molecule has 0 aliphatic heterocycles. The van der Waals surface area contributed by atoms with Crippen molar-refractivity contribution in [1.29, 1.82) is 0 Å². The summed E-state index contributed by atoms with van der Waals surface area (Å²) in [6, 6.07) is 10.9. The molecule has 1 saturated carbocycles. The quantitative estimate of drug-likeness (QED) is 0.895. The molecular weight excluding hydrogens is 256 g/mol. The molecule has 1 aromatic heterocycles. The molecule has 2 heteroatoms. The molecule has 21 heavy (non-hydrogen) atoms. The van der Waals surface area contributed by atoms with Gasteiger partial charge in [0, 0.05) is 17.6 Å². The number of hydrogen-bond donors (Lipinski definition) is 1. The van der Waals surface area contributed by atoms with Crippen molar-refractivity contribution in [3.63, 3.8) is 0 Å².